The molecule has 0 aliphatic heterocycles. The molecular formula is C40H66N6O5. The van der Waals surface area contributed by atoms with Gasteiger partial charge in [-0.2, -0.15) is 4.98 Å². The van der Waals surface area contributed by atoms with E-state index in [1.54, 1.807) is 0 Å². The smallest absolute Gasteiger partial charge is 0.254 e. The molecule has 0 radical (unpaired) electrons. The lowest BCUT2D eigenvalue weighted by atomic mass is 9.83. The molecule has 0 saturated heterocycles. The molecule has 1 heterocycles. The molecular weight excluding hydrogens is 644 g/mol. The van der Waals surface area contributed by atoms with E-state index >= 15 is 0 Å². The van der Waals surface area contributed by atoms with Gasteiger partial charge in [-0.3, -0.25) is 4.79 Å². The Morgan fingerprint density at radius 1 is 0.824 bits per heavy atom. The van der Waals surface area contributed by atoms with Crippen molar-refractivity contribution in [2.45, 2.75) is 148 Å². The first-order chi connectivity index (χ1) is 24.3. The van der Waals surface area contributed by atoms with Crippen LogP contribution >= 0.6 is 0 Å². The largest absolute Gasteiger partial charge is 0.390 e. The van der Waals surface area contributed by atoms with Crippen LogP contribution in [0.4, 0.5) is 17.5 Å². The van der Waals surface area contributed by atoms with Gasteiger partial charge in [-0.05, 0) is 106 Å². The summed E-state index contributed by atoms with van der Waals surface area (Å²) in [6, 6.07) is 7.98. The summed E-state index contributed by atoms with van der Waals surface area (Å²) < 4.78 is 0. The summed E-state index contributed by atoms with van der Waals surface area (Å²) in [6.45, 7) is 10.4. The lowest BCUT2D eigenvalue weighted by Crippen LogP contribution is -2.47. The third-order valence-electron chi connectivity index (χ3n) is 10.7. The van der Waals surface area contributed by atoms with E-state index < -0.39 is 30.3 Å². The van der Waals surface area contributed by atoms with Crippen molar-refractivity contribution in [3.63, 3.8) is 0 Å². The lowest BCUT2D eigenvalue weighted by Gasteiger charge is -2.34. The number of amides is 1. The van der Waals surface area contributed by atoms with Crippen LogP contribution < -0.4 is 22.1 Å². The van der Waals surface area contributed by atoms with Crippen molar-refractivity contribution in [3.05, 3.63) is 53.7 Å². The van der Waals surface area contributed by atoms with Crippen molar-refractivity contribution in [1.82, 2.24) is 9.97 Å². The lowest BCUT2D eigenvalue weighted by molar-refractivity contribution is -0.0391. The number of hydrogen-bond donors (Lipinski definition) is 8. The topological polar surface area (TPSA) is 200 Å². The van der Waals surface area contributed by atoms with Crippen LogP contribution in [-0.2, 0) is 0 Å². The summed E-state index contributed by atoms with van der Waals surface area (Å²) in [5.74, 6) is 2.14. The first kappa shape index (κ1) is 42.3. The number of aliphatic hydroxyl groups is 4. The molecule has 10 atom stereocenters. The van der Waals surface area contributed by atoms with Crippen LogP contribution in [0.5, 0.6) is 0 Å². The molecule has 4 aliphatic rings. The fraction of sp³-hybridized carbons (Fsp3) is 0.675. The number of primary amides is 1. The number of aromatic nitrogens is 2. The van der Waals surface area contributed by atoms with Crippen molar-refractivity contribution in [1.29, 1.82) is 0 Å². The average Bonchev–Trinajstić information content (AvgIpc) is 3.09. The number of anilines is 3. The second-order valence-electron chi connectivity index (χ2n) is 15.3. The van der Waals surface area contributed by atoms with Gasteiger partial charge in [-0.15, -0.1) is 0 Å². The minimum atomic E-state index is -0.574. The Morgan fingerprint density at radius 3 is 1.92 bits per heavy atom. The van der Waals surface area contributed by atoms with Gasteiger partial charge in [0.05, 0.1) is 24.4 Å². The molecule has 1 aromatic carbocycles. The molecule has 286 valence electrons. The molecule has 1 amide bonds. The molecule has 1 aromatic heterocycles. The highest BCUT2D eigenvalue weighted by Gasteiger charge is 2.29. The zero-order valence-electron chi connectivity index (χ0n) is 31.5. The van der Waals surface area contributed by atoms with Crippen LogP contribution in [0.3, 0.4) is 0 Å². The second-order valence-corrected chi connectivity index (χ2v) is 15.3. The standard InChI is InChI=1S/C19H26N6O.2C7H14O2.C7H12/c1-11-5-3-7-13(9-11)23-18-14(17(21)26)10-22-19(25-18)24-15-8-4-6-12(2)16(15)20;2*1-5-3-2-4-6(8)7(5)9;1-7-5-3-2-4-6-7/h3,5,7,9-10,12,15-16H,4,6,8,20H2,1-2H3,(H2,21,26)(H2,22,23,24,25);2*5-9H,2-4H2,1H3;3,5,7H,2,4,6H2,1H3/t12-,15+,16-;5-,6+,7-;5-,6-,7+;/m010./s1. The van der Waals surface area contributed by atoms with E-state index in [2.05, 4.69) is 46.6 Å². The van der Waals surface area contributed by atoms with E-state index in [1.807, 2.05) is 45.0 Å². The summed E-state index contributed by atoms with van der Waals surface area (Å²) in [5, 5.41) is 43.1. The first-order valence-corrected chi connectivity index (χ1v) is 19.2. The average molecular weight is 711 g/mol. The fourth-order valence-electron chi connectivity index (χ4n) is 7.08. The third-order valence-corrected chi connectivity index (χ3v) is 10.7. The number of nitrogens with one attached hydrogen (secondary N) is 2. The highest BCUT2D eigenvalue weighted by Crippen LogP contribution is 2.27. The Balaban J connectivity index is 0.000000226. The van der Waals surface area contributed by atoms with Crippen molar-refractivity contribution in [2.75, 3.05) is 10.6 Å². The molecule has 6 rings (SSSR count). The molecule has 10 N–H and O–H groups in total. The Morgan fingerprint density at radius 2 is 1.43 bits per heavy atom. The quantitative estimate of drug-likeness (QED) is 0.171. The van der Waals surface area contributed by atoms with Crippen LogP contribution in [0.1, 0.15) is 121 Å². The van der Waals surface area contributed by atoms with E-state index in [4.69, 9.17) is 21.7 Å². The van der Waals surface area contributed by atoms with E-state index in [0.29, 0.717) is 17.7 Å². The molecule has 51 heavy (non-hydrogen) atoms. The first-order valence-electron chi connectivity index (χ1n) is 19.2. The Hall–Kier alpha value is -3.09. The van der Waals surface area contributed by atoms with Crippen LogP contribution in [0, 0.1) is 30.6 Å². The maximum absolute atomic E-state index is 11.7. The van der Waals surface area contributed by atoms with Crippen LogP contribution in [0.15, 0.2) is 42.6 Å². The van der Waals surface area contributed by atoms with Gasteiger partial charge in [-0.1, -0.05) is 71.2 Å². The molecule has 3 fully saturated rings. The minimum Gasteiger partial charge on any atom is -0.390 e. The van der Waals surface area contributed by atoms with Crippen molar-refractivity contribution < 1.29 is 25.2 Å². The van der Waals surface area contributed by atoms with Gasteiger partial charge in [0.2, 0.25) is 5.95 Å². The molecule has 11 nitrogen and oxygen atoms in total. The highest BCUT2D eigenvalue weighted by molar-refractivity contribution is 5.98. The zero-order valence-corrected chi connectivity index (χ0v) is 31.5. The van der Waals surface area contributed by atoms with Gasteiger partial charge in [-0.25, -0.2) is 4.98 Å². The van der Waals surface area contributed by atoms with E-state index in [9.17, 15) is 15.0 Å². The minimum absolute atomic E-state index is 0.0522. The molecule has 0 spiro atoms. The van der Waals surface area contributed by atoms with Gasteiger partial charge in [0.1, 0.15) is 11.4 Å². The number of nitrogens with two attached hydrogens (primary N) is 2. The van der Waals surface area contributed by atoms with Gasteiger partial charge >= 0.3 is 0 Å². The maximum atomic E-state index is 11.7. The van der Waals surface area contributed by atoms with Crippen molar-refractivity contribution in [3.8, 4) is 0 Å². The number of carbonyl (C=O) groups excluding carboxylic acids is 1. The molecule has 11 heteroatoms. The SMILES string of the molecule is CC1C=CCCC1.C[C@@H]1CCC[C@H](O)[C@@H]1O.C[C@H]1CCC[C@H](O)[C@@H]1O.Cc1cccc(Nc2nc(N[C@@H]3CCC[C@H](C)[C@@H]3N)ncc2C(N)=O)c1. The summed E-state index contributed by atoms with van der Waals surface area (Å²) in [4.78, 5) is 20.5. The number of carbonyl (C=O) groups is 1. The Bertz CT molecular complexity index is 1320. The van der Waals surface area contributed by atoms with Gasteiger partial charge in [0.15, 0.2) is 0 Å². The number of benzene rings is 1. The number of aryl methyl sites for hydroxylation is 1. The second kappa shape index (κ2) is 21.4. The molecule has 4 aliphatic carbocycles. The highest BCUT2D eigenvalue weighted by atomic mass is 16.3. The molecule has 1 unspecified atom stereocenters. The van der Waals surface area contributed by atoms with Crippen molar-refractivity contribution in [2.24, 2.45) is 35.1 Å². The van der Waals surface area contributed by atoms with Crippen LogP contribution in [0.2, 0.25) is 0 Å². The van der Waals surface area contributed by atoms with E-state index in [0.717, 1.165) is 75.0 Å². The van der Waals surface area contributed by atoms with Crippen LogP contribution in [-0.4, -0.2) is 72.8 Å². The van der Waals surface area contributed by atoms with Gasteiger partial charge < -0.3 is 42.5 Å². The number of rotatable bonds is 5. The summed E-state index contributed by atoms with van der Waals surface area (Å²) in [7, 11) is 0. The fourth-order valence-corrected chi connectivity index (χ4v) is 7.08. The predicted octanol–water partition coefficient (Wildman–Crippen LogP) is 5.97. The maximum Gasteiger partial charge on any atom is 0.254 e. The Kier molecular flexibility index (Phi) is 17.8. The number of allylic oxidation sites excluding steroid dienone is 2. The molecule has 2 aromatic rings. The summed E-state index contributed by atoms with van der Waals surface area (Å²) >= 11 is 0. The normalized spacial score (nSPS) is 31.6. The summed E-state index contributed by atoms with van der Waals surface area (Å²) in [6.07, 6.45) is 17.3. The van der Waals surface area contributed by atoms with Gasteiger partial charge in [0, 0.05) is 24.0 Å². The monoisotopic (exact) mass is 711 g/mol. The van der Waals surface area contributed by atoms with Crippen molar-refractivity contribution >= 4 is 23.4 Å². The predicted molar refractivity (Wildman–Crippen MR) is 206 cm³/mol. The zero-order chi connectivity index (χ0) is 37.5. The molecule has 3 saturated carbocycles. The summed E-state index contributed by atoms with van der Waals surface area (Å²) in [5.41, 5.74) is 14.0. The van der Waals surface area contributed by atoms with E-state index in [1.165, 1.54) is 25.5 Å². The molecule has 0 bridgehead atoms. The van der Waals surface area contributed by atoms with Gasteiger partial charge in [0.25, 0.3) is 5.91 Å². The third kappa shape index (κ3) is 14.1. The Labute approximate surface area is 305 Å². The number of nitrogens with zero attached hydrogens (tertiary/aromatic N) is 2. The number of hydrogen-bond acceptors (Lipinski definition) is 10. The number of aliphatic hydroxyl groups excluding tert-OH is 4. The van der Waals surface area contributed by atoms with E-state index in [-0.39, 0.29) is 29.5 Å². The van der Waals surface area contributed by atoms with Crippen LogP contribution in [0.25, 0.3) is 0 Å².